The average Bonchev–Trinajstić information content (AvgIpc) is 2.65. The molecule has 0 spiro atoms. The zero-order valence-electron chi connectivity index (χ0n) is 14.8. The van der Waals surface area contributed by atoms with Gasteiger partial charge in [0.1, 0.15) is 0 Å². The van der Waals surface area contributed by atoms with Crippen molar-refractivity contribution in [1.82, 2.24) is 9.97 Å². The lowest BCUT2D eigenvalue weighted by Gasteiger charge is -2.18. The number of rotatable bonds is 7. The van der Waals surface area contributed by atoms with Crippen LogP contribution in [-0.2, 0) is 0 Å². The maximum atomic E-state index is 5.96. The van der Waals surface area contributed by atoms with Crippen LogP contribution in [0.25, 0.3) is 22.2 Å². The zero-order valence-corrected chi connectivity index (χ0v) is 14.8. The third-order valence-electron chi connectivity index (χ3n) is 4.06. The Labute approximate surface area is 148 Å². The predicted octanol–water partition coefficient (Wildman–Crippen LogP) is 3.48. The summed E-state index contributed by atoms with van der Waals surface area (Å²) in [6.07, 6.45) is 3.65. The number of pyridine rings is 2. The summed E-state index contributed by atoms with van der Waals surface area (Å²) in [6.45, 7) is 1.28. The lowest BCUT2D eigenvalue weighted by atomic mass is 10.1. The molecule has 0 unspecified atom stereocenters. The van der Waals surface area contributed by atoms with Crippen molar-refractivity contribution in [1.29, 1.82) is 0 Å². The summed E-state index contributed by atoms with van der Waals surface area (Å²) in [4.78, 5) is 11.4. The summed E-state index contributed by atoms with van der Waals surface area (Å²) in [7, 11) is 4.06. The molecule has 2 heterocycles. The molecule has 2 N–H and O–H groups in total. The molecule has 2 aromatic heterocycles. The minimum Gasteiger partial charge on any atom is -0.477 e. The third-order valence-corrected chi connectivity index (χ3v) is 4.06. The number of fused-ring (bicyclic) bond motifs is 1. The van der Waals surface area contributed by atoms with Gasteiger partial charge in [0.15, 0.2) is 0 Å². The first-order valence-corrected chi connectivity index (χ1v) is 8.56. The smallest absolute Gasteiger partial charge is 0.223 e. The van der Waals surface area contributed by atoms with E-state index in [1.54, 1.807) is 6.20 Å². The molecule has 0 atom stereocenters. The number of aromatic nitrogens is 2. The van der Waals surface area contributed by atoms with Crippen LogP contribution in [-0.4, -0.2) is 37.2 Å². The molecule has 130 valence electrons. The van der Waals surface area contributed by atoms with Crippen molar-refractivity contribution >= 4 is 16.6 Å². The topological polar surface area (TPSA) is 64.3 Å². The fourth-order valence-electron chi connectivity index (χ4n) is 2.79. The summed E-state index contributed by atoms with van der Waals surface area (Å²) in [5.74, 6) is 0.631. The maximum absolute atomic E-state index is 5.96. The van der Waals surface area contributed by atoms with E-state index in [0.29, 0.717) is 19.0 Å². The van der Waals surface area contributed by atoms with E-state index in [-0.39, 0.29) is 0 Å². The normalized spacial score (nSPS) is 10.8. The van der Waals surface area contributed by atoms with E-state index >= 15 is 0 Å². The number of unbranched alkanes of at least 4 members (excludes halogenated alkanes) is 1. The van der Waals surface area contributed by atoms with Gasteiger partial charge in [0.25, 0.3) is 0 Å². The van der Waals surface area contributed by atoms with Crippen molar-refractivity contribution in [2.24, 2.45) is 5.73 Å². The SMILES string of the molecule is CN(C)c1ccccc1-c1cc2ncccc2c(OCCCCN)n1. The largest absolute Gasteiger partial charge is 0.477 e. The number of para-hydroxylation sites is 1. The molecule has 0 saturated carbocycles. The van der Waals surface area contributed by atoms with Crippen LogP contribution in [0.5, 0.6) is 5.88 Å². The van der Waals surface area contributed by atoms with E-state index in [0.717, 1.165) is 40.7 Å². The van der Waals surface area contributed by atoms with Crippen LogP contribution in [0.4, 0.5) is 5.69 Å². The fraction of sp³-hybridized carbons (Fsp3) is 0.300. The van der Waals surface area contributed by atoms with Crippen molar-refractivity contribution in [3.8, 4) is 17.1 Å². The standard InChI is InChI=1S/C20H24N4O/c1-24(2)19-10-4-3-8-15(19)18-14-17-16(9-7-12-22-17)20(23-18)25-13-6-5-11-21/h3-4,7-10,12,14H,5-6,11,13,21H2,1-2H3. The number of hydrogen-bond donors (Lipinski definition) is 1. The number of benzene rings is 1. The molecule has 1 aromatic carbocycles. The first-order chi connectivity index (χ1) is 12.2. The lowest BCUT2D eigenvalue weighted by molar-refractivity contribution is 0.300. The Morgan fingerprint density at radius 1 is 1.08 bits per heavy atom. The zero-order chi connectivity index (χ0) is 17.6. The molecule has 0 bridgehead atoms. The summed E-state index contributed by atoms with van der Waals surface area (Å²) in [5, 5.41) is 0.932. The monoisotopic (exact) mass is 336 g/mol. The molecular formula is C20H24N4O. The Balaban J connectivity index is 2.05. The fourth-order valence-corrected chi connectivity index (χ4v) is 2.79. The second-order valence-corrected chi connectivity index (χ2v) is 6.14. The minimum atomic E-state index is 0.604. The molecule has 0 amide bonds. The third kappa shape index (κ3) is 3.88. The van der Waals surface area contributed by atoms with Gasteiger partial charge in [-0.15, -0.1) is 0 Å². The van der Waals surface area contributed by atoms with Crippen molar-refractivity contribution in [2.45, 2.75) is 12.8 Å². The van der Waals surface area contributed by atoms with Crippen molar-refractivity contribution in [3.63, 3.8) is 0 Å². The van der Waals surface area contributed by atoms with E-state index in [1.165, 1.54) is 0 Å². The lowest BCUT2D eigenvalue weighted by Crippen LogP contribution is -2.10. The first-order valence-electron chi connectivity index (χ1n) is 8.56. The Morgan fingerprint density at radius 2 is 1.92 bits per heavy atom. The van der Waals surface area contributed by atoms with Crippen LogP contribution in [0, 0.1) is 0 Å². The molecule has 5 heteroatoms. The van der Waals surface area contributed by atoms with Crippen LogP contribution in [0.3, 0.4) is 0 Å². The highest BCUT2D eigenvalue weighted by molar-refractivity contribution is 5.89. The molecule has 5 nitrogen and oxygen atoms in total. The van der Waals surface area contributed by atoms with Crippen LogP contribution in [0.15, 0.2) is 48.7 Å². The highest BCUT2D eigenvalue weighted by atomic mass is 16.5. The number of anilines is 1. The van der Waals surface area contributed by atoms with E-state index in [9.17, 15) is 0 Å². The van der Waals surface area contributed by atoms with E-state index in [1.807, 2.05) is 44.4 Å². The number of nitrogens with two attached hydrogens (primary N) is 1. The Hall–Kier alpha value is -2.66. The molecule has 0 fully saturated rings. The molecule has 25 heavy (non-hydrogen) atoms. The second-order valence-electron chi connectivity index (χ2n) is 6.14. The van der Waals surface area contributed by atoms with Crippen molar-refractivity contribution in [2.75, 3.05) is 32.1 Å². The van der Waals surface area contributed by atoms with Gasteiger partial charge in [-0.3, -0.25) is 4.98 Å². The van der Waals surface area contributed by atoms with Gasteiger partial charge >= 0.3 is 0 Å². The summed E-state index contributed by atoms with van der Waals surface area (Å²) in [5.41, 5.74) is 9.48. The van der Waals surface area contributed by atoms with Gasteiger partial charge < -0.3 is 15.4 Å². The molecule has 0 radical (unpaired) electrons. The molecule has 0 aliphatic heterocycles. The van der Waals surface area contributed by atoms with Crippen molar-refractivity contribution < 1.29 is 4.74 Å². The Kier molecular flexibility index (Phi) is 5.46. The van der Waals surface area contributed by atoms with E-state index in [4.69, 9.17) is 15.5 Å². The molecular weight excluding hydrogens is 312 g/mol. The molecule has 0 aliphatic rings. The predicted molar refractivity (Wildman–Crippen MR) is 103 cm³/mol. The van der Waals surface area contributed by atoms with Gasteiger partial charge in [-0.05, 0) is 43.7 Å². The molecule has 0 aliphatic carbocycles. The Morgan fingerprint density at radius 3 is 2.72 bits per heavy atom. The summed E-state index contributed by atoms with van der Waals surface area (Å²) in [6, 6.07) is 14.1. The van der Waals surface area contributed by atoms with Gasteiger partial charge in [0.05, 0.1) is 23.2 Å². The van der Waals surface area contributed by atoms with E-state index < -0.39 is 0 Å². The van der Waals surface area contributed by atoms with Crippen LogP contribution in [0.2, 0.25) is 0 Å². The minimum absolute atomic E-state index is 0.604. The van der Waals surface area contributed by atoms with Crippen LogP contribution >= 0.6 is 0 Å². The van der Waals surface area contributed by atoms with Gasteiger partial charge in [0.2, 0.25) is 5.88 Å². The molecule has 3 aromatic rings. The van der Waals surface area contributed by atoms with Gasteiger partial charge in [-0.2, -0.15) is 0 Å². The average molecular weight is 336 g/mol. The summed E-state index contributed by atoms with van der Waals surface area (Å²) < 4.78 is 5.96. The number of ether oxygens (including phenoxy) is 1. The van der Waals surface area contributed by atoms with Gasteiger partial charge in [0, 0.05) is 31.5 Å². The molecule has 0 saturated heterocycles. The Bertz CT molecular complexity index is 848. The maximum Gasteiger partial charge on any atom is 0.223 e. The number of hydrogen-bond acceptors (Lipinski definition) is 5. The quantitative estimate of drug-likeness (QED) is 0.669. The highest BCUT2D eigenvalue weighted by Crippen LogP contribution is 2.33. The number of nitrogens with zero attached hydrogens (tertiary/aromatic N) is 3. The first kappa shape index (κ1) is 17.2. The highest BCUT2D eigenvalue weighted by Gasteiger charge is 2.13. The van der Waals surface area contributed by atoms with Gasteiger partial charge in [-0.25, -0.2) is 4.98 Å². The van der Waals surface area contributed by atoms with E-state index in [2.05, 4.69) is 22.0 Å². The molecule has 3 rings (SSSR count). The second kappa shape index (κ2) is 7.94. The van der Waals surface area contributed by atoms with Crippen LogP contribution in [0.1, 0.15) is 12.8 Å². The van der Waals surface area contributed by atoms with Gasteiger partial charge in [-0.1, -0.05) is 18.2 Å². The van der Waals surface area contributed by atoms with Crippen molar-refractivity contribution in [3.05, 3.63) is 48.7 Å². The summed E-state index contributed by atoms with van der Waals surface area (Å²) >= 11 is 0. The van der Waals surface area contributed by atoms with Crippen LogP contribution < -0.4 is 15.4 Å².